The second kappa shape index (κ2) is 11.7. The Morgan fingerprint density at radius 1 is 1.20 bits per heavy atom. The van der Waals surface area contributed by atoms with Gasteiger partial charge in [0, 0.05) is 32.6 Å². The van der Waals surface area contributed by atoms with E-state index in [-0.39, 0.29) is 48.3 Å². The first kappa shape index (κ1) is 23.9. The minimum Gasteiger partial charge on any atom is -0.493 e. The summed E-state index contributed by atoms with van der Waals surface area (Å²) in [6.07, 6.45) is 1.30. The molecular formula is C22H28FIN4O2. The first-order chi connectivity index (χ1) is 14.0. The van der Waals surface area contributed by atoms with Crippen LogP contribution in [-0.2, 0) is 11.2 Å². The van der Waals surface area contributed by atoms with Crippen LogP contribution >= 0.6 is 24.0 Å². The third kappa shape index (κ3) is 6.58. The molecule has 162 valence electrons. The number of benzene rings is 2. The summed E-state index contributed by atoms with van der Waals surface area (Å²) in [5.41, 5.74) is 1.70. The van der Waals surface area contributed by atoms with Crippen molar-refractivity contribution in [2.24, 2.45) is 4.99 Å². The topological polar surface area (TPSA) is 66.0 Å². The lowest BCUT2D eigenvalue weighted by Gasteiger charge is -2.28. The van der Waals surface area contributed by atoms with Crippen LogP contribution in [0.2, 0.25) is 0 Å². The maximum absolute atomic E-state index is 13.9. The van der Waals surface area contributed by atoms with E-state index in [2.05, 4.69) is 15.6 Å². The first-order valence-electron chi connectivity index (χ1n) is 9.74. The Morgan fingerprint density at radius 3 is 2.70 bits per heavy atom. The van der Waals surface area contributed by atoms with Gasteiger partial charge in [-0.05, 0) is 24.1 Å². The molecule has 1 heterocycles. The average molecular weight is 526 g/mol. The number of nitrogens with zero attached hydrogens (tertiary/aromatic N) is 2. The summed E-state index contributed by atoms with van der Waals surface area (Å²) < 4.78 is 19.6. The number of fused-ring (bicyclic) bond motifs is 1. The van der Waals surface area contributed by atoms with E-state index in [1.807, 2.05) is 30.3 Å². The molecule has 3 rings (SSSR count). The molecule has 2 aromatic carbocycles. The number of nitrogens with one attached hydrogen (secondary N) is 2. The van der Waals surface area contributed by atoms with Crippen LogP contribution in [0.15, 0.2) is 53.5 Å². The van der Waals surface area contributed by atoms with Crippen LogP contribution in [-0.4, -0.2) is 50.6 Å². The van der Waals surface area contributed by atoms with Crippen LogP contribution < -0.4 is 15.4 Å². The number of hydrogen-bond acceptors (Lipinski definition) is 3. The van der Waals surface area contributed by atoms with Crippen molar-refractivity contribution in [3.8, 4) is 5.75 Å². The fourth-order valence-corrected chi connectivity index (χ4v) is 3.11. The zero-order chi connectivity index (χ0) is 20.6. The summed E-state index contributed by atoms with van der Waals surface area (Å²) in [4.78, 5) is 17.9. The van der Waals surface area contributed by atoms with E-state index in [0.29, 0.717) is 31.1 Å². The van der Waals surface area contributed by atoms with Crippen LogP contribution in [0.1, 0.15) is 23.6 Å². The summed E-state index contributed by atoms with van der Waals surface area (Å²) in [6, 6.07) is 14.6. The smallest absolute Gasteiger partial charge is 0.243 e. The van der Waals surface area contributed by atoms with E-state index in [0.717, 1.165) is 17.7 Å². The molecule has 1 aliphatic heterocycles. The van der Waals surface area contributed by atoms with Crippen LogP contribution in [0.5, 0.6) is 5.75 Å². The predicted molar refractivity (Wildman–Crippen MR) is 127 cm³/mol. The summed E-state index contributed by atoms with van der Waals surface area (Å²) in [5.74, 6) is 1.07. The number of hydrogen-bond donors (Lipinski definition) is 2. The summed E-state index contributed by atoms with van der Waals surface area (Å²) >= 11 is 0. The number of para-hydroxylation sites is 1. The van der Waals surface area contributed by atoms with Gasteiger partial charge < -0.3 is 20.3 Å². The Labute approximate surface area is 193 Å². The van der Waals surface area contributed by atoms with Crippen molar-refractivity contribution in [3.05, 3.63) is 65.5 Å². The number of amides is 1. The van der Waals surface area contributed by atoms with E-state index in [1.165, 1.54) is 11.0 Å². The monoisotopic (exact) mass is 526 g/mol. The number of guanidine groups is 1. The molecule has 0 bridgehead atoms. The standard InChI is InChI=1S/C22H27FN4O2.HI/c1-27(2)21(28)15-25-22(24-13-11-16-7-3-5-9-18(16)23)26-19-12-14-29-20-10-6-4-8-17(19)20;/h3-10,19H,11-15H2,1-2H3,(H2,24,25,26);1H. The maximum Gasteiger partial charge on any atom is 0.243 e. The van der Waals surface area contributed by atoms with Crippen molar-refractivity contribution in [2.75, 3.05) is 33.8 Å². The normalized spacial score (nSPS) is 15.3. The zero-order valence-electron chi connectivity index (χ0n) is 17.2. The van der Waals surface area contributed by atoms with Gasteiger partial charge in [0.1, 0.15) is 18.1 Å². The quantitative estimate of drug-likeness (QED) is 0.345. The average Bonchev–Trinajstić information content (AvgIpc) is 2.73. The fourth-order valence-electron chi connectivity index (χ4n) is 3.11. The molecule has 1 aliphatic rings. The Hall–Kier alpha value is -2.36. The SMILES string of the molecule is CN(C)C(=O)CN=C(NCCc1ccccc1F)NC1CCOc2ccccc21.I. The molecule has 0 saturated heterocycles. The molecule has 0 saturated carbocycles. The largest absolute Gasteiger partial charge is 0.493 e. The van der Waals surface area contributed by atoms with Crippen LogP contribution in [0.3, 0.4) is 0 Å². The lowest BCUT2D eigenvalue weighted by atomic mass is 10.0. The van der Waals surface area contributed by atoms with Crippen molar-refractivity contribution in [1.29, 1.82) is 0 Å². The van der Waals surface area contributed by atoms with Gasteiger partial charge in [-0.1, -0.05) is 36.4 Å². The Balaban J connectivity index is 0.00000320. The van der Waals surface area contributed by atoms with E-state index >= 15 is 0 Å². The van der Waals surface area contributed by atoms with Gasteiger partial charge in [-0.2, -0.15) is 0 Å². The van der Waals surface area contributed by atoms with Crippen molar-refractivity contribution in [1.82, 2.24) is 15.5 Å². The summed E-state index contributed by atoms with van der Waals surface area (Å²) in [7, 11) is 3.40. The summed E-state index contributed by atoms with van der Waals surface area (Å²) in [6.45, 7) is 1.13. The number of halogens is 2. The Kier molecular flexibility index (Phi) is 9.35. The molecule has 8 heteroatoms. The molecule has 1 amide bonds. The molecule has 1 atom stereocenters. The Bertz CT molecular complexity index is 876. The minimum absolute atomic E-state index is 0. The van der Waals surface area contributed by atoms with Crippen molar-refractivity contribution >= 4 is 35.8 Å². The van der Waals surface area contributed by atoms with Gasteiger partial charge in [0.25, 0.3) is 0 Å². The number of aliphatic imine (C=N–C) groups is 1. The molecule has 0 aliphatic carbocycles. The number of carbonyl (C=O) groups excluding carboxylic acids is 1. The minimum atomic E-state index is -0.220. The van der Waals surface area contributed by atoms with Gasteiger partial charge in [-0.15, -0.1) is 24.0 Å². The molecule has 0 fully saturated rings. The maximum atomic E-state index is 13.9. The van der Waals surface area contributed by atoms with Crippen molar-refractivity contribution in [2.45, 2.75) is 18.9 Å². The van der Waals surface area contributed by atoms with Gasteiger partial charge in [-0.25, -0.2) is 9.38 Å². The molecule has 0 spiro atoms. The molecule has 1 unspecified atom stereocenters. The molecule has 0 aromatic heterocycles. The molecule has 0 radical (unpaired) electrons. The van der Waals surface area contributed by atoms with E-state index in [4.69, 9.17) is 4.74 Å². The lowest BCUT2D eigenvalue weighted by Crippen LogP contribution is -2.42. The van der Waals surface area contributed by atoms with Gasteiger partial charge in [-0.3, -0.25) is 4.79 Å². The van der Waals surface area contributed by atoms with Crippen molar-refractivity contribution in [3.63, 3.8) is 0 Å². The Morgan fingerprint density at radius 2 is 1.93 bits per heavy atom. The molecule has 2 N–H and O–H groups in total. The first-order valence-corrected chi connectivity index (χ1v) is 9.74. The van der Waals surface area contributed by atoms with Crippen LogP contribution in [0, 0.1) is 5.82 Å². The van der Waals surface area contributed by atoms with Crippen LogP contribution in [0.4, 0.5) is 4.39 Å². The van der Waals surface area contributed by atoms with Crippen molar-refractivity contribution < 1.29 is 13.9 Å². The fraction of sp³-hybridized carbons (Fsp3) is 0.364. The highest BCUT2D eigenvalue weighted by Gasteiger charge is 2.22. The van der Waals surface area contributed by atoms with Gasteiger partial charge in [0.15, 0.2) is 5.96 Å². The zero-order valence-corrected chi connectivity index (χ0v) is 19.6. The number of rotatable bonds is 6. The number of ether oxygens (including phenoxy) is 1. The third-order valence-corrected chi connectivity index (χ3v) is 4.79. The molecular weight excluding hydrogens is 498 g/mol. The molecule has 2 aromatic rings. The number of carbonyl (C=O) groups is 1. The molecule has 30 heavy (non-hydrogen) atoms. The van der Waals surface area contributed by atoms with Gasteiger partial charge >= 0.3 is 0 Å². The summed E-state index contributed by atoms with van der Waals surface area (Å²) in [5, 5.41) is 6.63. The second-order valence-corrected chi connectivity index (χ2v) is 7.09. The predicted octanol–water partition coefficient (Wildman–Crippen LogP) is 3.13. The van der Waals surface area contributed by atoms with E-state index < -0.39 is 0 Å². The molecule has 6 nitrogen and oxygen atoms in total. The lowest BCUT2D eigenvalue weighted by molar-refractivity contribution is -0.127. The van der Waals surface area contributed by atoms with E-state index in [1.54, 1.807) is 26.2 Å². The highest BCUT2D eigenvalue weighted by atomic mass is 127. The highest BCUT2D eigenvalue weighted by molar-refractivity contribution is 14.0. The highest BCUT2D eigenvalue weighted by Crippen LogP contribution is 2.31. The number of likely N-dealkylation sites (N-methyl/N-ethyl adjacent to an activating group) is 1. The van der Waals surface area contributed by atoms with Gasteiger partial charge in [0.05, 0.1) is 12.6 Å². The van der Waals surface area contributed by atoms with E-state index in [9.17, 15) is 9.18 Å². The van der Waals surface area contributed by atoms with Crippen LogP contribution in [0.25, 0.3) is 0 Å². The second-order valence-electron chi connectivity index (χ2n) is 7.09. The third-order valence-electron chi connectivity index (χ3n) is 4.79. The van der Waals surface area contributed by atoms with Gasteiger partial charge in [0.2, 0.25) is 5.91 Å².